The maximum absolute atomic E-state index is 13.6. The molecule has 6 nitrogen and oxygen atoms in total. The number of nitrogens with zero attached hydrogens (tertiary/aromatic N) is 1. The number of hydrogen-bond donors (Lipinski definition) is 1. The van der Waals surface area contributed by atoms with Crippen molar-refractivity contribution >= 4 is 33.4 Å². The van der Waals surface area contributed by atoms with Gasteiger partial charge in [0, 0.05) is 4.90 Å². The molecule has 1 amide bonds. The summed E-state index contributed by atoms with van der Waals surface area (Å²) in [6.45, 7) is 5.90. The van der Waals surface area contributed by atoms with E-state index in [1.54, 1.807) is 48.5 Å². The summed E-state index contributed by atoms with van der Waals surface area (Å²) in [4.78, 5) is 14.1. The van der Waals surface area contributed by atoms with E-state index in [0.29, 0.717) is 18.0 Å². The van der Waals surface area contributed by atoms with E-state index in [2.05, 4.69) is 5.32 Å². The fraction of sp³-hybridized carbons (Fsp3) is 0.269. The predicted octanol–water partition coefficient (Wildman–Crippen LogP) is 5.19. The molecular weight excluding hydrogens is 468 g/mol. The Kier molecular flexibility index (Phi) is 8.63. The highest BCUT2D eigenvalue weighted by Gasteiger charge is 2.28. The van der Waals surface area contributed by atoms with Crippen molar-refractivity contribution in [1.82, 2.24) is 5.32 Å². The predicted molar refractivity (Wildman–Crippen MR) is 138 cm³/mol. The Labute approximate surface area is 206 Å². The summed E-state index contributed by atoms with van der Waals surface area (Å²) in [6, 6.07) is 20.9. The summed E-state index contributed by atoms with van der Waals surface area (Å²) in [5.74, 6) is 0.233. The lowest BCUT2D eigenvalue weighted by Gasteiger charge is -2.25. The Balaban J connectivity index is 1.88. The fourth-order valence-electron chi connectivity index (χ4n) is 3.42. The van der Waals surface area contributed by atoms with E-state index < -0.39 is 15.9 Å². The molecule has 0 bridgehead atoms. The van der Waals surface area contributed by atoms with Crippen LogP contribution in [-0.4, -0.2) is 33.7 Å². The van der Waals surface area contributed by atoms with E-state index >= 15 is 0 Å². The largest absolute Gasteiger partial charge is 0.494 e. The third kappa shape index (κ3) is 6.33. The molecule has 0 aliphatic carbocycles. The van der Waals surface area contributed by atoms with Gasteiger partial charge in [-0.25, -0.2) is 8.42 Å². The van der Waals surface area contributed by atoms with Gasteiger partial charge in [0.05, 0.1) is 23.2 Å². The van der Waals surface area contributed by atoms with Crippen LogP contribution >= 0.6 is 11.8 Å². The number of benzene rings is 3. The number of thioether (sulfide) groups is 1. The van der Waals surface area contributed by atoms with E-state index in [1.807, 2.05) is 51.3 Å². The first-order valence-electron chi connectivity index (χ1n) is 11.0. The number of anilines is 1. The fourth-order valence-corrected chi connectivity index (χ4v) is 5.25. The average Bonchev–Trinajstić information content (AvgIpc) is 2.83. The maximum Gasteiger partial charge on any atom is 0.264 e. The minimum atomic E-state index is -3.98. The molecule has 1 atom stereocenters. The summed E-state index contributed by atoms with van der Waals surface area (Å²) in [6.07, 6.45) is 1.93. The van der Waals surface area contributed by atoms with Gasteiger partial charge in [0.15, 0.2) is 0 Å². The number of rotatable bonds is 10. The highest BCUT2D eigenvalue weighted by molar-refractivity contribution is 7.98. The molecule has 0 heterocycles. The zero-order valence-corrected chi connectivity index (χ0v) is 21.4. The minimum Gasteiger partial charge on any atom is -0.494 e. The van der Waals surface area contributed by atoms with Crippen molar-refractivity contribution in [1.29, 1.82) is 0 Å². The van der Waals surface area contributed by atoms with Crippen LogP contribution in [0.1, 0.15) is 31.0 Å². The number of carbonyl (C=O) groups is 1. The Bertz CT molecular complexity index is 1190. The van der Waals surface area contributed by atoms with E-state index in [9.17, 15) is 13.2 Å². The molecule has 3 rings (SSSR count). The molecule has 0 aromatic heterocycles. The van der Waals surface area contributed by atoms with Crippen molar-refractivity contribution in [2.45, 2.75) is 36.6 Å². The first kappa shape index (κ1) is 25.6. The van der Waals surface area contributed by atoms with Gasteiger partial charge in [0.1, 0.15) is 12.3 Å². The summed E-state index contributed by atoms with van der Waals surface area (Å²) in [5, 5.41) is 2.92. The van der Waals surface area contributed by atoms with Gasteiger partial charge in [-0.1, -0.05) is 29.8 Å². The van der Waals surface area contributed by atoms with Gasteiger partial charge >= 0.3 is 0 Å². The summed E-state index contributed by atoms with van der Waals surface area (Å²) < 4.78 is 33.8. The smallest absolute Gasteiger partial charge is 0.264 e. The Morgan fingerprint density at radius 2 is 1.62 bits per heavy atom. The molecule has 0 aliphatic heterocycles. The number of aryl methyl sites for hydroxylation is 1. The molecule has 0 radical (unpaired) electrons. The second-order valence-corrected chi connectivity index (χ2v) is 10.6. The number of nitrogens with one attached hydrogen (secondary N) is 1. The van der Waals surface area contributed by atoms with Crippen molar-refractivity contribution in [3.8, 4) is 5.75 Å². The lowest BCUT2D eigenvalue weighted by Crippen LogP contribution is -2.41. The van der Waals surface area contributed by atoms with Gasteiger partial charge in [-0.05, 0) is 81.1 Å². The van der Waals surface area contributed by atoms with Crippen LogP contribution in [0.25, 0.3) is 0 Å². The lowest BCUT2D eigenvalue weighted by molar-refractivity contribution is -0.120. The van der Waals surface area contributed by atoms with Crippen LogP contribution in [-0.2, 0) is 14.8 Å². The van der Waals surface area contributed by atoms with Crippen molar-refractivity contribution < 1.29 is 17.9 Å². The molecular formula is C26H30N2O4S2. The SMILES string of the molecule is CCOc1ccc(N(CC(=O)N[C@@H](C)c2ccc(C)cc2)S(=O)(=O)c2ccc(SC)cc2)cc1. The zero-order valence-electron chi connectivity index (χ0n) is 19.8. The number of amides is 1. The van der Waals surface area contributed by atoms with Gasteiger partial charge in [-0.15, -0.1) is 11.8 Å². The van der Waals surface area contributed by atoms with Gasteiger partial charge in [-0.3, -0.25) is 9.10 Å². The maximum atomic E-state index is 13.6. The summed E-state index contributed by atoms with van der Waals surface area (Å²) in [5.41, 5.74) is 2.46. The van der Waals surface area contributed by atoms with E-state index in [1.165, 1.54) is 11.8 Å². The molecule has 0 saturated carbocycles. The van der Waals surface area contributed by atoms with Crippen LogP contribution in [0.5, 0.6) is 5.75 Å². The van der Waals surface area contributed by atoms with Crippen molar-refractivity contribution in [2.75, 3.05) is 23.7 Å². The van der Waals surface area contributed by atoms with Crippen molar-refractivity contribution in [2.24, 2.45) is 0 Å². The third-order valence-corrected chi connectivity index (χ3v) is 7.86. The molecule has 8 heteroatoms. The van der Waals surface area contributed by atoms with E-state index in [-0.39, 0.29) is 17.5 Å². The molecule has 0 unspecified atom stereocenters. The molecule has 0 saturated heterocycles. The molecule has 0 aliphatic rings. The van der Waals surface area contributed by atoms with Gasteiger partial charge in [0.25, 0.3) is 10.0 Å². The van der Waals surface area contributed by atoms with E-state index in [4.69, 9.17) is 4.74 Å². The molecule has 1 N–H and O–H groups in total. The minimum absolute atomic E-state index is 0.124. The van der Waals surface area contributed by atoms with Crippen LogP contribution in [0.15, 0.2) is 82.6 Å². The highest BCUT2D eigenvalue weighted by Crippen LogP contribution is 2.27. The van der Waals surface area contributed by atoms with E-state index in [0.717, 1.165) is 20.3 Å². The normalized spacial score (nSPS) is 12.1. The highest BCUT2D eigenvalue weighted by atomic mass is 32.2. The Morgan fingerprint density at radius 1 is 1.00 bits per heavy atom. The zero-order chi connectivity index (χ0) is 24.7. The van der Waals surface area contributed by atoms with Crippen LogP contribution in [0.2, 0.25) is 0 Å². The monoisotopic (exact) mass is 498 g/mol. The number of carbonyl (C=O) groups excluding carboxylic acids is 1. The standard InChI is InChI=1S/C26H30N2O4S2/c1-5-32-23-12-10-22(11-13-23)28(34(30,31)25-16-14-24(33-4)15-17-25)18-26(29)27-20(3)21-8-6-19(2)7-9-21/h6-17,20H,5,18H2,1-4H3,(H,27,29)/t20-/m0/s1. The van der Waals surface area contributed by atoms with Gasteiger partial charge in [-0.2, -0.15) is 0 Å². The summed E-state index contributed by atoms with van der Waals surface area (Å²) >= 11 is 1.53. The molecule has 180 valence electrons. The molecule has 0 spiro atoms. The van der Waals surface area contributed by atoms with Crippen LogP contribution < -0.4 is 14.4 Å². The van der Waals surface area contributed by atoms with Gasteiger partial charge in [0.2, 0.25) is 5.91 Å². The first-order valence-corrected chi connectivity index (χ1v) is 13.7. The number of ether oxygens (including phenoxy) is 1. The second kappa shape index (κ2) is 11.4. The molecule has 3 aromatic rings. The first-order chi connectivity index (χ1) is 16.2. The number of hydrogen-bond acceptors (Lipinski definition) is 5. The Hall–Kier alpha value is -2.97. The quantitative estimate of drug-likeness (QED) is 0.390. The van der Waals surface area contributed by atoms with Crippen LogP contribution in [0, 0.1) is 6.92 Å². The third-order valence-electron chi connectivity index (χ3n) is 5.33. The van der Waals surface area contributed by atoms with Crippen LogP contribution in [0.3, 0.4) is 0 Å². The topological polar surface area (TPSA) is 75.7 Å². The molecule has 0 fully saturated rings. The molecule has 3 aromatic carbocycles. The Morgan fingerprint density at radius 3 is 2.18 bits per heavy atom. The van der Waals surface area contributed by atoms with Crippen LogP contribution in [0.4, 0.5) is 5.69 Å². The second-order valence-electron chi connectivity index (χ2n) is 7.81. The van der Waals surface area contributed by atoms with Crippen molar-refractivity contribution in [3.63, 3.8) is 0 Å². The summed E-state index contributed by atoms with van der Waals surface area (Å²) in [7, 11) is -3.98. The lowest BCUT2D eigenvalue weighted by atomic mass is 10.1. The van der Waals surface area contributed by atoms with Crippen molar-refractivity contribution in [3.05, 3.63) is 83.9 Å². The average molecular weight is 499 g/mol. The molecule has 34 heavy (non-hydrogen) atoms. The van der Waals surface area contributed by atoms with Gasteiger partial charge < -0.3 is 10.1 Å². The number of sulfonamides is 1.